The van der Waals surface area contributed by atoms with Crippen LogP contribution in [0.5, 0.6) is 0 Å². The number of carbonyl (C=O) groups excluding carboxylic acids is 4. The van der Waals surface area contributed by atoms with Crippen molar-refractivity contribution in [1.29, 1.82) is 0 Å². The molecule has 1 amide bonds. The summed E-state index contributed by atoms with van der Waals surface area (Å²) in [7, 11) is 0. The molecule has 0 aliphatic carbocycles. The Morgan fingerprint density at radius 3 is 2.44 bits per heavy atom. The fourth-order valence-corrected chi connectivity index (χ4v) is 3.90. The topological polar surface area (TPSA) is 104 Å². The van der Waals surface area contributed by atoms with E-state index < -0.39 is 23.9 Å². The number of amides is 1. The van der Waals surface area contributed by atoms with Crippen molar-refractivity contribution >= 4 is 23.6 Å². The van der Waals surface area contributed by atoms with Crippen LogP contribution in [0.15, 0.2) is 42.5 Å². The number of esters is 2. The van der Waals surface area contributed by atoms with Crippen molar-refractivity contribution in [2.24, 2.45) is 0 Å². The van der Waals surface area contributed by atoms with Crippen LogP contribution in [0.3, 0.4) is 0 Å². The summed E-state index contributed by atoms with van der Waals surface area (Å²) < 4.78 is 11.8. The van der Waals surface area contributed by atoms with Gasteiger partial charge in [0, 0.05) is 24.2 Å². The van der Waals surface area contributed by atoms with Gasteiger partial charge >= 0.3 is 11.9 Å². The highest BCUT2D eigenvalue weighted by molar-refractivity contribution is 6.08. The van der Waals surface area contributed by atoms with Crippen molar-refractivity contribution in [2.45, 2.75) is 51.6 Å². The van der Waals surface area contributed by atoms with Crippen molar-refractivity contribution in [3.63, 3.8) is 0 Å². The molecule has 1 aromatic carbocycles. The number of ether oxygens (including phenoxy) is 2. The lowest BCUT2D eigenvalue weighted by Gasteiger charge is -2.19. The molecule has 0 radical (unpaired) electrons. The average Bonchev–Trinajstić information content (AvgIpc) is 3.39. The monoisotopic (exact) mass is 440 g/mol. The summed E-state index contributed by atoms with van der Waals surface area (Å²) >= 11 is 0. The minimum Gasteiger partial charge on any atom is -0.466 e. The second kappa shape index (κ2) is 10.7. The van der Waals surface area contributed by atoms with Gasteiger partial charge in [-0.3, -0.25) is 14.4 Å². The van der Waals surface area contributed by atoms with Gasteiger partial charge in [-0.1, -0.05) is 30.3 Å². The number of carbonyl (C=O) groups is 4. The zero-order chi connectivity index (χ0) is 23.1. The van der Waals surface area contributed by atoms with Gasteiger partial charge < -0.3 is 19.4 Å². The second-order valence-electron chi connectivity index (χ2n) is 7.49. The van der Waals surface area contributed by atoms with E-state index in [2.05, 4.69) is 5.32 Å². The summed E-state index contributed by atoms with van der Waals surface area (Å²) in [6.07, 6.45) is 0.605. The number of ketones is 1. The molecular weight excluding hydrogens is 412 g/mol. The maximum absolute atomic E-state index is 13.0. The van der Waals surface area contributed by atoms with Gasteiger partial charge in [0.25, 0.3) is 0 Å². The standard InChI is InChI=1S/C24H28N2O6/c1-3-31-21(27)13-10-18(24(30)32-4-2)25-23(29)17-14-15-26-19(17)11-12-20(26)22(28)16-8-6-5-7-9-16/h5-9,11-12,17-18H,3-4,10,13-15H2,1-2H3,(H,25,29)/t17?,18-/m0/s1. The first-order valence-electron chi connectivity index (χ1n) is 10.9. The number of nitrogens with zero attached hydrogens (tertiary/aromatic N) is 1. The molecule has 0 spiro atoms. The predicted octanol–water partition coefficient (Wildman–Crippen LogP) is 2.60. The maximum Gasteiger partial charge on any atom is 0.328 e. The fraction of sp³-hybridized carbons (Fsp3) is 0.417. The third-order valence-electron chi connectivity index (χ3n) is 5.43. The Balaban J connectivity index is 1.71. The zero-order valence-corrected chi connectivity index (χ0v) is 18.3. The minimum absolute atomic E-state index is 0.00559. The Bertz CT molecular complexity index is 982. The van der Waals surface area contributed by atoms with Crippen molar-refractivity contribution < 1.29 is 28.7 Å². The van der Waals surface area contributed by atoms with E-state index in [1.807, 2.05) is 22.8 Å². The third-order valence-corrected chi connectivity index (χ3v) is 5.43. The number of nitrogens with one attached hydrogen (secondary N) is 1. The molecule has 1 N–H and O–H groups in total. The minimum atomic E-state index is -0.943. The third kappa shape index (κ3) is 5.25. The van der Waals surface area contributed by atoms with E-state index in [9.17, 15) is 19.2 Å². The van der Waals surface area contributed by atoms with Gasteiger partial charge in [0.2, 0.25) is 11.7 Å². The Labute approximate surface area is 186 Å². The molecule has 2 atom stereocenters. The molecular formula is C24H28N2O6. The largest absolute Gasteiger partial charge is 0.466 e. The van der Waals surface area contributed by atoms with Gasteiger partial charge in [0.05, 0.1) is 24.8 Å². The van der Waals surface area contributed by atoms with Crippen LogP contribution in [-0.2, 0) is 30.4 Å². The second-order valence-corrected chi connectivity index (χ2v) is 7.49. The lowest BCUT2D eigenvalue weighted by molar-refractivity contribution is -0.149. The number of benzene rings is 1. The molecule has 3 rings (SSSR count). The molecule has 8 heteroatoms. The number of rotatable bonds is 10. The van der Waals surface area contributed by atoms with Gasteiger partial charge in [-0.2, -0.15) is 0 Å². The Morgan fingerprint density at radius 2 is 1.75 bits per heavy atom. The molecule has 1 unspecified atom stereocenters. The molecule has 1 aliphatic rings. The predicted molar refractivity (Wildman–Crippen MR) is 116 cm³/mol. The van der Waals surface area contributed by atoms with Gasteiger partial charge in [-0.05, 0) is 38.8 Å². The molecule has 1 aliphatic heterocycles. The van der Waals surface area contributed by atoms with Gasteiger partial charge in [-0.25, -0.2) is 4.79 Å². The summed E-state index contributed by atoms with van der Waals surface area (Å²) in [5, 5.41) is 2.73. The van der Waals surface area contributed by atoms with Crippen LogP contribution in [-0.4, -0.2) is 47.5 Å². The molecule has 2 aromatic rings. The molecule has 0 bridgehead atoms. The zero-order valence-electron chi connectivity index (χ0n) is 18.3. The Hall–Kier alpha value is -3.42. The highest BCUT2D eigenvalue weighted by Crippen LogP contribution is 2.31. The SMILES string of the molecule is CCOC(=O)CC[C@H](NC(=O)C1CCn2c(C(=O)c3ccccc3)ccc21)C(=O)OCC. The number of fused-ring (bicyclic) bond motifs is 1. The molecule has 8 nitrogen and oxygen atoms in total. The van der Waals surface area contributed by atoms with Crippen LogP contribution in [0.2, 0.25) is 0 Å². The maximum atomic E-state index is 13.0. The smallest absolute Gasteiger partial charge is 0.328 e. The summed E-state index contributed by atoms with van der Waals surface area (Å²) in [5.74, 6) is -1.95. The number of aromatic nitrogens is 1. The lowest BCUT2D eigenvalue weighted by Crippen LogP contribution is -2.44. The summed E-state index contributed by atoms with van der Waals surface area (Å²) in [4.78, 5) is 49.9. The Morgan fingerprint density at radius 1 is 1.03 bits per heavy atom. The van der Waals surface area contributed by atoms with Gasteiger partial charge in [0.1, 0.15) is 6.04 Å². The molecule has 170 valence electrons. The van der Waals surface area contributed by atoms with Crippen LogP contribution in [0.25, 0.3) is 0 Å². The van der Waals surface area contributed by atoms with Gasteiger partial charge in [0.15, 0.2) is 0 Å². The first-order chi connectivity index (χ1) is 15.5. The van der Waals surface area contributed by atoms with E-state index in [1.54, 1.807) is 38.1 Å². The highest BCUT2D eigenvalue weighted by atomic mass is 16.5. The molecule has 0 fully saturated rings. The van der Waals surface area contributed by atoms with E-state index in [0.717, 1.165) is 5.69 Å². The Kier molecular flexibility index (Phi) is 7.81. The summed E-state index contributed by atoms with van der Waals surface area (Å²) in [5.41, 5.74) is 1.85. The van der Waals surface area contributed by atoms with E-state index in [4.69, 9.17) is 9.47 Å². The van der Waals surface area contributed by atoms with Crippen molar-refractivity contribution in [1.82, 2.24) is 9.88 Å². The van der Waals surface area contributed by atoms with Crippen LogP contribution in [0, 0.1) is 0 Å². The van der Waals surface area contributed by atoms with Crippen LogP contribution >= 0.6 is 0 Å². The van der Waals surface area contributed by atoms with E-state index in [-0.39, 0.29) is 37.7 Å². The highest BCUT2D eigenvalue weighted by Gasteiger charge is 2.34. The van der Waals surface area contributed by atoms with E-state index in [1.165, 1.54) is 0 Å². The van der Waals surface area contributed by atoms with E-state index in [0.29, 0.717) is 24.2 Å². The van der Waals surface area contributed by atoms with Crippen LogP contribution in [0.4, 0.5) is 0 Å². The average molecular weight is 440 g/mol. The molecule has 0 saturated heterocycles. The summed E-state index contributed by atoms with van der Waals surface area (Å²) in [6.45, 7) is 4.33. The van der Waals surface area contributed by atoms with Crippen molar-refractivity contribution in [3.8, 4) is 0 Å². The number of hydrogen-bond acceptors (Lipinski definition) is 6. The molecule has 0 saturated carbocycles. The molecule has 2 heterocycles. The number of hydrogen-bond donors (Lipinski definition) is 1. The van der Waals surface area contributed by atoms with E-state index >= 15 is 0 Å². The van der Waals surface area contributed by atoms with Crippen LogP contribution in [0.1, 0.15) is 60.8 Å². The fourth-order valence-electron chi connectivity index (χ4n) is 3.90. The molecule has 32 heavy (non-hydrogen) atoms. The first kappa shape index (κ1) is 23.2. The first-order valence-corrected chi connectivity index (χ1v) is 10.9. The van der Waals surface area contributed by atoms with Crippen LogP contribution < -0.4 is 5.32 Å². The van der Waals surface area contributed by atoms with Gasteiger partial charge in [-0.15, -0.1) is 0 Å². The quantitative estimate of drug-likeness (QED) is 0.450. The summed E-state index contributed by atoms with van der Waals surface area (Å²) in [6, 6.07) is 11.6. The lowest BCUT2D eigenvalue weighted by atomic mass is 10.0. The molecule has 1 aromatic heterocycles. The van der Waals surface area contributed by atoms with Crippen molar-refractivity contribution in [3.05, 3.63) is 59.4 Å². The normalized spacial score (nSPS) is 15.5. The van der Waals surface area contributed by atoms with Crippen molar-refractivity contribution in [2.75, 3.05) is 13.2 Å².